The molecule has 5 rings (SSSR count). The maximum Gasteiger partial charge on any atom is 0.264 e. The molecule has 0 aliphatic carbocycles. The van der Waals surface area contributed by atoms with Crippen molar-refractivity contribution in [3.63, 3.8) is 0 Å². The zero-order valence-electron chi connectivity index (χ0n) is 17.1. The van der Waals surface area contributed by atoms with E-state index in [-0.39, 0.29) is 19.0 Å². The smallest absolute Gasteiger partial charge is 0.264 e. The lowest BCUT2D eigenvalue weighted by Gasteiger charge is -2.23. The van der Waals surface area contributed by atoms with E-state index in [4.69, 9.17) is 9.47 Å². The van der Waals surface area contributed by atoms with Gasteiger partial charge in [-0.1, -0.05) is 46.3 Å². The molecule has 0 unspecified atom stereocenters. The standard InChI is InChI=1S/C25H20BrNO5/c26-18-7-8-20-19(13-18)25(30,24(29)27(20)11-10-16-4-2-1-3-5-16)14-21(28)17-6-9-22-23(12-17)32-15-31-22/h1-9,12-13,30H,10-11,14-15H2/t25-/m0/s1. The third-order valence-electron chi connectivity index (χ3n) is 5.87. The van der Waals surface area contributed by atoms with Crippen LogP contribution in [0.25, 0.3) is 0 Å². The Kier molecular flexibility index (Phi) is 5.23. The molecule has 2 heterocycles. The van der Waals surface area contributed by atoms with Gasteiger partial charge in [-0.05, 0) is 48.4 Å². The van der Waals surface area contributed by atoms with Crippen LogP contribution in [0.4, 0.5) is 5.69 Å². The summed E-state index contributed by atoms with van der Waals surface area (Å²) >= 11 is 3.42. The molecule has 2 aliphatic heterocycles. The average Bonchev–Trinajstić information content (AvgIpc) is 3.34. The van der Waals surface area contributed by atoms with Gasteiger partial charge >= 0.3 is 0 Å². The van der Waals surface area contributed by atoms with E-state index >= 15 is 0 Å². The minimum atomic E-state index is -1.94. The zero-order valence-corrected chi connectivity index (χ0v) is 18.7. The number of fused-ring (bicyclic) bond motifs is 2. The van der Waals surface area contributed by atoms with Crippen molar-refractivity contribution in [3.8, 4) is 11.5 Å². The fourth-order valence-electron chi connectivity index (χ4n) is 4.21. The lowest BCUT2D eigenvalue weighted by atomic mass is 9.88. The number of anilines is 1. The van der Waals surface area contributed by atoms with E-state index in [1.807, 2.05) is 36.4 Å². The first-order chi connectivity index (χ1) is 15.5. The Morgan fingerprint density at radius 2 is 1.81 bits per heavy atom. The number of rotatable bonds is 6. The highest BCUT2D eigenvalue weighted by Gasteiger charge is 2.51. The molecule has 162 valence electrons. The van der Waals surface area contributed by atoms with E-state index in [1.165, 1.54) is 0 Å². The van der Waals surface area contributed by atoms with Crippen LogP contribution >= 0.6 is 15.9 Å². The summed E-state index contributed by atoms with van der Waals surface area (Å²) in [5.41, 5.74) is 0.554. The van der Waals surface area contributed by atoms with Gasteiger partial charge in [0.25, 0.3) is 5.91 Å². The van der Waals surface area contributed by atoms with Gasteiger partial charge < -0.3 is 19.5 Å². The van der Waals surface area contributed by atoms with E-state index in [2.05, 4.69) is 15.9 Å². The number of amides is 1. The largest absolute Gasteiger partial charge is 0.454 e. The summed E-state index contributed by atoms with van der Waals surface area (Å²) in [6, 6.07) is 20.0. The molecule has 1 N–H and O–H groups in total. The van der Waals surface area contributed by atoms with Gasteiger partial charge in [0.05, 0.1) is 12.1 Å². The van der Waals surface area contributed by atoms with Crippen molar-refractivity contribution in [2.45, 2.75) is 18.4 Å². The molecule has 3 aromatic carbocycles. The highest BCUT2D eigenvalue weighted by molar-refractivity contribution is 9.10. The van der Waals surface area contributed by atoms with Crippen LogP contribution in [-0.4, -0.2) is 30.1 Å². The van der Waals surface area contributed by atoms with E-state index in [9.17, 15) is 14.7 Å². The average molecular weight is 494 g/mol. The second-order valence-corrected chi connectivity index (χ2v) is 8.80. The Balaban J connectivity index is 1.44. The van der Waals surface area contributed by atoms with Gasteiger partial charge in [0.2, 0.25) is 6.79 Å². The summed E-state index contributed by atoms with van der Waals surface area (Å²) in [6.07, 6.45) is 0.269. The van der Waals surface area contributed by atoms with Crippen LogP contribution in [0.15, 0.2) is 71.2 Å². The Labute approximate surface area is 193 Å². The van der Waals surface area contributed by atoms with Crippen LogP contribution in [0, 0.1) is 0 Å². The van der Waals surface area contributed by atoms with Crippen molar-refractivity contribution in [2.24, 2.45) is 0 Å². The fourth-order valence-corrected chi connectivity index (χ4v) is 4.57. The summed E-state index contributed by atoms with van der Waals surface area (Å²) in [4.78, 5) is 28.1. The third kappa shape index (κ3) is 3.57. The molecule has 7 heteroatoms. The van der Waals surface area contributed by atoms with Crippen LogP contribution in [-0.2, 0) is 16.8 Å². The van der Waals surface area contributed by atoms with E-state index in [0.29, 0.717) is 41.3 Å². The number of ketones is 1. The number of Topliss-reactive ketones (excluding diaryl/α,β-unsaturated/α-hetero) is 1. The van der Waals surface area contributed by atoms with Gasteiger partial charge in [0, 0.05) is 22.1 Å². The molecule has 2 aliphatic rings. The lowest BCUT2D eigenvalue weighted by Crippen LogP contribution is -2.42. The number of hydrogen-bond donors (Lipinski definition) is 1. The molecule has 32 heavy (non-hydrogen) atoms. The van der Waals surface area contributed by atoms with Gasteiger partial charge in [0.15, 0.2) is 22.9 Å². The van der Waals surface area contributed by atoms with Crippen LogP contribution < -0.4 is 14.4 Å². The van der Waals surface area contributed by atoms with Crippen LogP contribution in [0.2, 0.25) is 0 Å². The monoisotopic (exact) mass is 493 g/mol. The lowest BCUT2D eigenvalue weighted by molar-refractivity contribution is -0.135. The topological polar surface area (TPSA) is 76.1 Å². The molecule has 0 bridgehead atoms. The Morgan fingerprint density at radius 1 is 1.03 bits per heavy atom. The molecule has 3 aromatic rings. The summed E-state index contributed by atoms with van der Waals surface area (Å²) in [5, 5.41) is 11.5. The van der Waals surface area contributed by atoms with E-state index in [0.717, 1.165) is 10.0 Å². The number of aliphatic hydroxyl groups is 1. The SMILES string of the molecule is O=C(C[C@@]1(O)C(=O)N(CCc2ccccc2)c2ccc(Br)cc21)c1ccc2c(c1)OCO2. The van der Waals surface area contributed by atoms with Crippen molar-refractivity contribution in [1.82, 2.24) is 0 Å². The van der Waals surface area contributed by atoms with Crippen molar-refractivity contribution in [1.29, 1.82) is 0 Å². The first-order valence-corrected chi connectivity index (χ1v) is 11.1. The van der Waals surface area contributed by atoms with Gasteiger partial charge in [0.1, 0.15) is 0 Å². The summed E-state index contributed by atoms with van der Waals surface area (Å²) in [6.45, 7) is 0.505. The number of carbonyl (C=O) groups excluding carboxylic acids is 2. The maximum absolute atomic E-state index is 13.4. The van der Waals surface area contributed by atoms with Crippen molar-refractivity contribution < 1.29 is 24.2 Å². The maximum atomic E-state index is 13.4. The number of nitrogens with zero attached hydrogens (tertiary/aromatic N) is 1. The second-order valence-electron chi connectivity index (χ2n) is 7.88. The first kappa shape index (κ1) is 20.7. The summed E-state index contributed by atoms with van der Waals surface area (Å²) in [7, 11) is 0. The molecular formula is C25H20BrNO5. The Hall–Kier alpha value is -3.16. The number of halogens is 1. The Morgan fingerprint density at radius 3 is 2.62 bits per heavy atom. The second kappa shape index (κ2) is 8.07. The molecule has 0 saturated carbocycles. The summed E-state index contributed by atoms with van der Waals surface area (Å²) in [5.74, 6) is 0.206. The normalized spacial score (nSPS) is 18.7. The van der Waals surface area contributed by atoms with Crippen molar-refractivity contribution >= 4 is 33.3 Å². The van der Waals surface area contributed by atoms with Gasteiger partial charge in [-0.15, -0.1) is 0 Å². The predicted molar refractivity (Wildman–Crippen MR) is 122 cm³/mol. The van der Waals surface area contributed by atoms with E-state index < -0.39 is 11.5 Å². The highest BCUT2D eigenvalue weighted by atomic mass is 79.9. The van der Waals surface area contributed by atoms with Crippen LogP contribution in [0.3, 0.4) is 0 Å². The van der Waals surface area contributed by atoms with Gasteiger partial charge in [-0.2, -0.15) is 0 Å². The molecule has 0 fully saturated rings. The van der Waals surface area contributed by atoms with Crippen LogP contribution in [0.1, 0.15) is 27.9 Å². The summed E-state index contributed by atoms with van der Waals surface area (Å²) < 4.78 is 11.4. The first-order valence-electron chi connectivity index (χ1n) is 10.3. The third-order valence-corrected chi connectivity index (χ3v) is 6.37. The van der Waals surface area contributed by atoms with Gasteiger partial charge in [-0.25, -0.2) is 0 Å². The van der Waals surface area contributed by atoms with Gasteiger partial charge in [-0.3, -0.25) is 9.59 Å². The predicted octanol–water partition coefficient (Wildman–Crippen LogP) is 4.23. The minimum absolute atomic E-state index is 0.104. The molecule has 1 amide bonds. The molecule has 0 aromatic heterocycles. The van der Waals surface area contributed by atoms with Crippen molar-refractivity contribution in [2.75, 3.05) is 18.2 Å². The number of hydrogen-bond acceptors (Lipinski definition) is 5. The zero-order chi connectivity index (χ0) is 22.3. The quantitative estimate of drug-likeness (QED) is 0.520. The molecule has 6 nitrogen and oxygen atoms in total. The van der Waals surface area contributed by atoms with Crippen LogP contribution in [0.5, 0.6) is 11.5 Å². The molecule has 0 saturated heterocycles. The molecular weight excluding hydrogens is 474 g/mol. The molecule has 1 atom stereocenters. The number of ether oxygens (including phenoxy) is 2. The van der Waals surface area contributed by atoms with E-state index in [1.54, 1.807) is 35.2 Å². The fraction of sp³-hybridized carbons (Fsp3) is 0.200. The Bertz CT molecular complexity index is 1210. The molecule has 0 spiro atoms. The number of benzene rings is 3. The number of carbonyl (C=O) groups is 2. The highest BCUT2D eigenvalue weighted by Crippen LogP contribution is 2.44. The minimum Gasteiger partial charge on any atom is -0.454 e. The van der Waals surface area contributed by atoms with Crippen molar-refractivity contribution in [3.05, 3.63) is 87.9 Å². The molecule has 0 radical (unpaired) electrons.